The van der Waals surface area contributed by atoms with Crippen molar-refractivity contribution in [2.45, 2.75) is 0 Å². The van der Waals surface area contributed by atoms with Crippen molar-refractivity contribution in [1.82, 2.24) is 5.16 Å². The maximum Gasteiger partial charge on any atom is 0.358 e. The van der Waals surface area contributed by atoms with Crippen molar-refractivity contribution in [3.05, 3.63) is 28.9 Å². The van der Waals surface area contributed by atoms with Crippen LogP contribution in [-0.4, -0.2) is 28.4 Å². The van der Waals surface area contributed by atoms with Crippen LogP contribution in [0, 0.1) is 0 Å². The molecule has 0 saturated heterocycles. The van der Waals surface area contributed by atoms with E-state index in [2.05, 4.69) is 5.16 Å². The van der Waals surface area contributed by atoms with Crippen LogP contribution < -0.4 is 4.74 Å². The van der Waals surface area contributed by atoms with Crippen LogP contribution in [0.3, 0.4) is 0 Å². The number of methoxy groups -OCH3 is 1. The third-order valence-electron chi connectivity index (χ3n) is 2.27. The Morgan fingerprint density at radius 1 is 1.50 bits per heavy atom. The Kier molecular flexibility index (Phi) is 3.12. The SMILES string of the molecule is COc1c(O)ccc(Cl)c1-c1cc(C(=O)O)no1. The van der Waals surface area contributed by atoms with Gasteiger partial charge >= 0.3 is 5.97 Å². The van der Waals surface area contributed by atoms with Gasteiger partial charge in [-0.25, -0.2) is 4.79 Å². The molecule has 0 bridgehead atoms. The van der Waals surface area contributed by atoms with Crippen LogP contribution in [0.2, 0.25) is 5.02 Å². The molecule has 2 aromatic rings. The van der Waals surface area contributed by atoms with E-state index in [-0.39, 0.29) is 33.5 Å². The highest BCUT2D eigenvalue weighted by atomic mass is 35.5. The molecule has 0 amide bonds. The second kappa shape index (κ2) is 4.58. The van der Waals surface area contributed by atoms with Gasteiger partial charge in [-0.1, -0.05) is 16.8 Å². The van der Waals surface area contributed by atoms with Crippen LogP contribution in [0.15, 0.2) is 22.7 Å². The molecule has 6 nitrogen and oxygen atoms in total. The van der Waals surface area contributed by atoms with E-state index in [0.717, 1.165) is 0 Å². The molecule has 0 aliphatic heterocycles. The van der Waals surface area contributed by atoms with Gasteiger partial charge in [0, 0.05) is 6.07 Å². The molecule has 0 atom stereocenters. The molecule has 0 aliphatic rings. The number of phenolic OH excluding ortho intramolecular Hbond substituents is 1. The number of rotatable bonds is 3. The minimum Gasteiger partial charge on any atom is -0.504 e. The van der Waals surface area contributed by atoms with Gasteiger partial charge in [-0.3, -0.25) is 0 Å². The molecule has 0 aliphatic carbocycles. The average molecular weight is 270 g/mol. The smallest absolute Gasteiger partial charge is 0.358 e. The van der Waals surface area contributed by atoms with Crippen LogP contribution in [0.5, 0.6) is 11.5 Å². The Labute approximate surface area is 106 Å². The van der Waals surface area contributed by atoms with Gasteiger partial charge in [0.1, 0.15) is 0 Å². The summed E-state index contributed by atoms with van der Waals surface area (Å²) in [6.07, 6.45) is 0. The van der Waals surface area contributed by atoms with E-state index >= 15 is 0 Å². The fraction of sp³-hybridized carbons (Fsp3) is 0.0909. The fourth-order valence-corrected chi connectivity index (χ4v) is 1.72. The molecular formula is C11H8ClNO5. The van der Waals surface area contributed by atoms with Crippen molar-refractivity contribution in [1.29, 1.82) is 0 Å². The van der Waals surface area contributed by atoms with Crippen LogP contribution in [0.25, 0.3) is 11.3 Å². The molecule has 1 heterocycles. The van der Waals surface area contributed by atoms with Crippen molar-refractivity contribution in [3.63, 3.8) is 0 Å². The highest BCUT2D eigenvalue weighted by Crippen LogP contribution is 2.42. The Bertz CT molecular complexity index is 607. The Morgan fingerprint density at radius 2 is 2.22 bits per heavy atom. The Hall–Kier alpha value is -2.21. The first kappa shape index (κ1) is 12.3. The molecule has 18 heavy (non-hydrogen) atoms. The van der Waals surface area contributed by atoms with Crippen molar-refractivity contribution in [2.75, 3.05) is 7.11 Å². The van der Waals surface area contributed by atoms with E-state index in [1.165, 1.54) is 25.3 Å². The number of aromatic nitrogens is 1. The minimum absolute atomic E-state index is 0.0931. The summed E-state index contributed by atoms with van der Waals surface area (Å²) in [6.45, 7) is 0. The number of hydrogen-bond donors (Lipinski definition) is 2. The largest absolute Gasteiger partial charge is 0.504 e. The molecule has 2 N–H and O–H groups in total. The van der Waals surface area contributed by atoms with Gasteiger partial charge < -0.3 is 19.5 Å². The van der Waals surface area contributed by atoms with Gasteiger partial charge in [-0.15, -0.1) is 0 Å². The fourth-order valence-electron chi connectivity index (χ4n) is 1.48. The topological polar surface area (TPSA) is 92.8 Å². The van der Waals surface area contributed by atoms with Crippen LogP contribution >= 0.6 is 11.6 Å². The van der Waals surface area contributed by atoms with E-state index in [4.69, 9.17) is 26.0 Å². The zero-order chi connectivity index (χ0) is 13.3. The van der Waals surface area contributed by atoms with Crippen molar-refractivity contribution >= 4 is 17.6 Å². The molecule has 1 aromatic carbocycles. The molecule has 1 aromatic heterocycles. The van der Waals surface area contributed by atoms with E-state index in [0.29, 0.717) is 0 Å². The zero-order valence-electron chi connectivity index (χ0n) is 9.18. The van der Waals surface area contributed by atoms with Gasteiger partial charge in [0.05, 0.1) is 17.7 Å². The molecule has 0 spiro atoms. The second-order valence-corrected chi connectivity index (χ2v) is 3.76. The van der Waals surface area contributed by atoms with E-state index in [9.17, 15) is 9.90 Å². The molecule has 0 unspecified atom stereocenters. The third kappa shape index (κ3) is 1.98. The third-order valence-corrected chi connectivity index (χ3v) is 2.58. The average Bonchev–Trinajstić information content (AvgIpc) is 2.81. The van der Waals surface area contributed by atoms with Crippen LogP contribution in [0.4, 0.5) is 0 Å². The standard InChI is InChI=1S/C11H8ClNO5/c1-17-10-7(14)3-2-5(12)9(10)8-4-6(11(15)16)13-18-8/h2-4,14H,1H3,(H,15,16). The second-order valence-electron chi connectivity index (χ2n) is 3.36. The number of nitrogens with zero attached hydrogens (tertiary/aromatic N) is 1. The highest BCUT2D eigenvalue weighted by Gasteiger charge is 2.20. The number of halogens is 1. The Balaban J connectivity index is 2.62. The van der Waals surface area contributed by atoms with E-state index in [1.54, 1.807) is 0 Å². The van der Waals surface area contributed by atoms with Gasteiger partial charge in [0.15, 0.2) is 23.0 Å². The summed E-state index contributed by atoms with van der Waals surface area (Å²) in [6, 6.07) is 4.00. The van der Waals surface area contributed by atoms with Crippen LogP contribution in [0.1, 0.15) is 10.5 Å². The summed E-state index contributed by atoms with van der Waals surface area (Å²) in [4.78, 5) is 10.7. The van der Waals surface area contributed by atoms with Crippen molar-refractivity contribution < 1.29 is 24.3 Å². The minimum atomic E-state index is -1.22. The van der Waals surface area contributed by atoms with Gasteiger partial charge in [-0.05, 0) is 12.1 Å². The number of aromatic hydroxyl groups is 1. The predicted molar refractivity (Wildman–Crippen MR) is 62.1 cm³/mol. The van der Waals surface area contributed by atoms with Gasteiger partial charge in [0.25, 0.3) is 0 Å². The zero-order valence-corrected chi connectivity index (χ0v) is 9.93. The molecule has 0 fully saturated rings. The van der Waals surface area contributed by atoms with Gasteiger partial charge in [0.2, 0.25) is 0 Å². The summed E-state index contributed by atoms with van der Waals surface area (Å²) >= 11 is 5.98. The van der Waals surface area contributed by atoms with Crippen molar-refractivity contribution in [2.24, 2.45) is 0 Å². The number of benzene rings is 1. The summed E-state index contributed by atoms with van der Waals surface area (Å²) in [7, 11) is 1.35. The summed E-state index contributed by atoms with van der Waals surface area (Å²) in [5.74, 6) is -1.16. The monoisotopic (exact) mass is 269 g/mol. The maximum atomic E-state index is 10.7. The summed E-state index contributed by atoms with van der Waals surface area (Å²) in [5.41, 5.74) is -0.00868. The normalized spacial score (nSPS) is 10.3. The number of ether oxygens (including phenoxy) is 1. The lowest BCUT2D eigenvalue weighted by atomic mass is 10.1. The molecule has 0 radical (unpaired) electrons. The molecular weight excluding hydrogens is 262 g/mol. The molecule has 0 saturated carbocycles. The first-order chi connectivity index (χ1) is 8.54. The lowest BCUT2D eigenvalue weighted by Crippen LogP contribution is -1.94. The Morgan fingerprint density at radius 3 is 2.78 bits per heavy atom. The summed E-state index contributed by atoms with van der Waals surface area (Å²) in [5, 5.41) is 22.0. The molecule has 7 heteroatoms. The van der Waals surface area contributed by atoms with Crippen molar-refractivity contribution in [3.8, 4) is 22.8 Å². The lowest BCUT2D eigenvalue weighted by molar-refractivity contribution is 0.0686. The van der Waals surface area contributed by atoms with E-state index < -0.39 is 5.97 Å². The number of carbonyl (C=O) groups is 1. The number of hydrogen-bond acceptors (Lipinski definition) is 5. The van der Waals surface area contributed by atoms with Gasteiger partial charge in [-0.2, -0.15) is 0 Å². The number of carboxylic acid groups (broad SMARTS) is 1. The maximum absolute atomic E-state index is 10.7. The first-order valence-electron chi connectivity index (χ1n) is 4.80. The number of carboxylic acids is 1. The molecule has 94 valence electrons. The summed E-state index contributed by atoms with van der Waals surface area (Å²) < 4.78 is 9.90. The lowest BCUT2D eigenvalue weighted by Gasteiger charge is -2.09. The predicted octanol–water partition coefficient (Wildman–Crippen LogP) is 2.41. The number of aromatic carboxylic acids is 1. The van der Waals surface area contributed by atoms with Crippen LogP contribution in [-0.2, 0) is 0 Å². The quantitative estimate of drug-likeness (QED) is 0.889. The first-order valence-corrected chi connectivity index (χ1v) is 5.18. The number of phenols is 1. The molecule has 2 rings (SSSR count). The van der Waals surface area contributed by atoms with E-state index in [1.807, 2.05) is 0 Å². The highest BCUT2D eigenvalue weighted by molar-refractivity contribution is 6.33.